The smallest absolute Gasteiger partial charge is 0.287 e. The number of methoxy groups -OCH3 is 1. The molecule has 1 aliphatic heterocycles. The van der Waals surface area contributed by atoms with Gasteiger partial charge in [-0.05, 0) is 80.0 Å². The molecule has 0 aliphatic carbocycles. The van der Waals surface area contributed by atoms with Crippen LogP contribution in [-0.4, -0.2) is 46.0 Å². The predicted octanol–water partition coefficient (Wildman–Crippen LogP) is 4.45. The van der Waals surface area contributed by atoms with E-state index in [1.165, 1.54) is 24.3 Å². The molecular weight excluding hydrogens is 508 g/mol. The highest BCUT2D eigenvalue weighted by Crippen LogP contribution is 2.27. The van der Waals surface area contributed by atoms with Gasteiger partial charge in [-0.1, -0.05) is 28.1 Å². The van der Waals surface area contributed by atoms with Crippen molar-refractivity contribution in [1.29, 1.82) is 0 Å². The van der Waals surface area contributed by atoms with Crippen molar-refractivity contribution < 1.29 is 22.4 Å². The number of ether oxygens (including phenoxy) is 1. The van der Waals surface area contributed by atoms with Crippen LogP contribution in [-0.2, 0) is 9.84 Å². The number of hydrogen-bond acceptors (Lipinski definition) is 6. The number of carbonyl (C=O) groups excluding carboxylic acids is 1. The van der Waals surface area contributed by atoms with Crippen molar-refractivity contribution in [2.75, 3.05) is 26.7 Å². The average molecular weight is 533 g/mol. The molecule has 1 N–H and O–H groups in total. The summed E-state index contributed by atoms with van der Waals surface area (Å²) in [6.07, 6.45) is 2.24. The van der Waals surface area contributed by atoms with Crippen LogP contribution >= 0.6 is 15.9 Å². The van der Waals surface area contributed by atoms with Gasteiger partial charge < -0.3 is 14.5 Å². The third-order valence-corrected chi connectivity index (χ3v) is 7.90. The molecule has 33 heavy (non-hydrogen) atoms. The van der Waals surface area contributed by atoms with Crippen molar-refractivity contribution in [3.63, 3.8) is 0 Å². The first-order valence-electron chi connectivity index (χ1n) is 10.6. The summed E-state index contributed by atoms with van der Waals surface area (Å²) in [5, 5.41) is 2.65. The van der Waals surface area contributed by atoms with Gasteiger partial charge in [-0.15, -0.1) is 0 Å². The van der Waals surface area contributed by atoms with Crippen molar-refractivity contribution in [3.05, 3.63) is 76.5 Å². The monoisotopic (exact) mass is 532 g/mol. The molecule has 4 rings (SSSR count). The minimum atomic E-state index is -3.85. The molecule has 174 valence electrons. The molecular formula is C24H25BrN2O5S. The molecule has 2 aromatic carbocycles. The Morgan fingerprint density at radius 1 is 1.06 bits per heavy atom. The number of rotatable bonds is 8. The molecule has 1 atom stereocenters. The summed E-state index contributed by atoms with van der Waals surface area (Å²) < 4.78 is 37.1. The SMILES string of the molecule is COc1ccc([C@@H](CNC(=O)c2ccc(S(=O)(=O)c3ccc(Br)cc3)o2)N2CCCC2)cc1. The van der Waals surface area contributed by atoms with Crippen molar-refractivity contribution in [2.45, 2.75) is 28.9 Å². The van der Waals surface area contributed by atoms with E-state index in [0.29, 0.717) is 6.54 Å². The number of nitrogens with one attached hydrogen (secondary N) is 1. The summed E-state index contributed by atoms with van der Waals surface area (Å²) in [7, 11) is -2.22. The molecule has 3 aromatic rings. The van der Waals surface area contributed by atoms with E-state index in [1.54, 1.807) is 19.2 Å². The molecule has 0 saturated carbocycles. The predicted molar refractivity (Wildman–Crippen MR) is 127 cm³/mol. The highest BCUT2D eigenvalue weighted by atomic mass is 79.9. The first kappa shape index (κ1) is 23.5. The van der Waals surface area contributed by atoms with Gasteiger partial charge in [-0.2, -0.15) is 0 Å². The second-order valence-corrected chi connectivity index (χ2v) is 10.6. The standard InChI is InChI=1S/C24H25BrN2O5S/c1-31-19-8-4-17(5-9-19)21(27-14-2-3-15-27)16-26-24(28)22-12-13-23(32-22)33(29,30)20-10-6-18(25)7-11-20/h4-13,21H,2-3,14-16H2,1H3,(H,26,28)/t21-/m1/s1. The van der Waals surface area contributed by atoms with Gasteiger partial charge in [0.05, 0.1) is 18.0 Å². The maximum atomic E-state index is 12.8. The van der Waals surface area contributed by atoms with Gasteiger partial charge in [0.15, 0.2) is 5.76 Å². The second kappa shape index (κ2) is 10.1. The lowest BCUT2D eigenvalue weighted by Crippen LogP contribution is -2.36. The highest BCUT2D eigenvalue weighted by Gasteiger charge is 2.26. The molecule has 0 spiro atoms. The van der Waals surface area contributed by atoms with Crippen LogP contribution in [0.25, 0.3) is 0 Å². The minimum Gasteiger partial charge on any atom is -0.497 e. The Bertz CT molecular complexity index is 1200. The lowest BCUT2D eigenvalue weighted by Gasteiger charge is -2.28. The molecule has 9 heteroatoms. The van der Waals surface area contributed by atoms with Crippen molar-refractivity contribution in [3.8, 4) is 5.75 Å². The van der Waals surface area contributed by atoms with Gasteiger partial charge in [0.25, 0.3) is 5.91 Å². The summed E-state index contributed by atoms with van der Waals surface area (Å²) in [6, 6.07) is 16.8. The van der Waals surface area contributed by atoms with E-state index in [2.05, 4.69) is 26.1 Å². The molecule has 0 unspecified atom stereocenters. The van der Waals surface area contributed by atoms with Gasteiger partial charge in [-0.25, -0.2) is 8.42 Å². The van der Waals surface area contributed by atoms with Gasteiger partial charge in [-0.3, -0.25) is 9.69 Å². The van der Waals surface area contributed by atoms with E-state index in [4.69, 9.17) is 9.15 Å². The van der Waals surface area contributed by atoms with Crippen LogP contribution < -0.4 is 10.1 Å². The van der Waals surface area contributed by atoms with Crippen LogP contribution in [0.15, 0.2) is 79.5 Å². The number of nitrogens with zero attached hydrogens (tertiary/aromatic N) is 1. The second-order valence-electron chi connectivity index (χ2n) is 7.82. The lowest BCUT2D eigenvalue weighted by atomic mass is 10.1. The van der Waals surface area contributed by atoms with Crippen molar-refractivity contribution in [1.82, 2.24) is 10.2 Å². The van der Waals surface area contributed by atoms with E-state index in [9.17, 15) is 13.2 Å². The molecule has 1 amide bonds. The van der Waals surface area contributed by atoms with Crippen LogP contribution in [0.1, 0.15) is 35.0 Å². The molecule has 0 bridgehead atoms. The molecule has 1 aliphatic rings. The zero-order valence-corrected chi connectivity index (χ0v) is 20.6. The van der Waals surface area contributed by atoms with Gasteiger partial charge in [0, 0.05) is 11.0 Å². The van der Waals surface area contributed by atoms with Gasteiger partial charge in [0.2, 0.25) is 14.9 Å². The van der Waals surface area contributed by atoms with Crippen LogP contribution in [0.5, 0.6) is 5.75 Å². The summed E-state index contributed by atoms with van der Waals surface area (Å²) in [5.41, 5.74) is 1.08. The minimum absolute atomic E-state index is 0.00304. The van der Waals surface area contributed by atoms with Crippen molar-refractivity contribution >= 4 is 31.7 Å². The fraction of sp³-hybridized carbons (Fsp3) is 0.292. The summed E-state index contributed by atoms with van der Waals surface area (Å²) in [4.78, 5) is 15.2. The van der Waals surface area contributed by atoms with Gasteiger partial charge >= 0.3 is 0 Å². The average Bonchev–Trinajstić information content (AvgIpc) is 3.53. The third-order valence-electron chi connectivity index (χ3n) is 5.73. The number of furan rings is 1. The highest BCUT2D eigenvalue weighted by molar-refractivity contribution is 9.10. The van der Waals surface area contributed by atoms with Gasteiger partial charge in [0.1, 0.15) is 5.75 Å². The Kier molecular flexibility index (Phi) is 7.21. The number of carbonyl (C=O) groups is 1. The molecule has 2 heterocycles. The number of benzene rings is 2. The Labute approximate surface area is 201 Å². The Balaban J connectivity index is 1.48. The summed E-state index contributed by atoms with van der Waals surface area (Å²) >= 11 is 3.29. The maximum Gasteiger partial charge on any atom is 0.287 e. The number of amides is 1. The first-order chi connectivity index (χ1) is 15.9. The largest absolute Gasteiger partial charge is 0.497 e. The quantitative estimate of drug-likeness (QED) is 0.461. The third kappa shape index (κ3) is 5.31. The Morgan fingerprint density at radius 3 is 2.36 bits per heavy atom. The van der Waals surface area contributed by atoms with Crippen LogP contribution in [0.2, 0.25) is 0 Å². The van der Waals surface area contributed by atoms with E-state index in [0.717, 1.165) is 41.7 Å². The maximum absolute atomic E-state index is 12.8. The molecule has 1 aromatic heterocycles. The summed E-state index contributed by atoms with van der Waals surface area (Å²) in [6.45, 7) is 2.30. The fourth-order valence-corrected chi connectivity index (χ4v) is 5.37. The molecule has 7 nitrogen and oxygen atoms in total. The van der Waals surface area contributed by atoms with E-state index < -0.39 is 15.7 Å². The zero-order valence-electron chi connectivity index (χ0n) is 18.2. The number of sulfone groups is 1. The van der Waals surface area contributed by atoms with E-state index in [1.807, 2.05) is 24.3 Å². The number of likely N-dealkylation sites (tertiary alicyclic amines) is 1. The Hall–Kier alpha value is -2.62. The van der Waals surface area contributed by atoms with Crippen LogP contribution in [0.3, 0.4) is 0 Å². The van der Waals surface area contributed by atoms with E-state index in [-0.39, 0.29) is 21.8 Å². The van der Waals surface area contributed by atoms with Crippen molar-refractivity contribution in [2.24, 2.45) is 0 Å². The van der Waals surface area contributed by atoms with E-state index >= 15 is 0 Å². The van der Waals surface area contributed by atoms with Crippen LogP contribution in [0, 0.1) is 0 Å². The number of halogens is 1. The lowest BCUT2D eigenvalue weighted by molar-refractivity contribution is 0.0905. The molecule has 1 saturated heterocycles. The Morgan fingerprint density at radius 2 is 1.73 bits per heavy atom. The number of hydrogen-bond donors (Lipinski definition) is 1. The van der Waals surface area contributed by atoms with Crippen LogP contribution in [0.4, 0.5) is 0 Å². The topological polar surface area (TPSA) is 88.8 Å². The summed E-state index contributed by atoms with van der Waals surface area (Å²) in [5.74, 6) is 0.281. The normalized spacial score (nSPS) is 15.3. The fourth-order valence-electron chi connectivity index (χ4n) is 3.93. The molecule has 1 fully saturated rings. The molecule has 0 radical (unpaired) electrons. The zero-order chi connectivity index (χ0) is 23.4. The first-order valence-corrected chi connectivity index (χ1v) is 12.9.